The monoisotopic (exact) mass is 221 g/mol. The Labute approximate surface area is 91.8 Å². The lowest BCUT2D eigenvalue weighted by Gasteiger charge is -2.10. The Morgan fingerprint density at radius 3 is 2.88 bits per heavy atom. The molecule has 0 aliphatic carbocycles. The molecule has 1 atom stereocenters. The Morgan fingerprint density at radius 1 is 1.44 bits per heavy atom. The van der Waals surface area contributed by atoms with Gasteiger partial charge in [0, 0.05) is 24.6 Å². The summed E-state index contributed by atoms with van der Waals surface area (Å²) < 4.78 is 0. The number of non-ortho nitro benzene ring substituents is 1. The summed E-state index contributed by atoms with van der Waals surface area (Å²) in [5.41, 5.74) is 1.18. The number of nitro benzene ring substituents is 1. The number of fused-ring (bicyclic) bond motifs is 1. The molecule has 1 aromatic rings. The van der Waals surface area contributed by atoms with E-state index < -0.39 is 4.92 Å². The molecule has 0 saturated carbocycles. The third kappa shape index (κ3) is 1.95. The van der Waals surface area contributed by atoms with Crippen LogP contribution in [-0.4, -0.2) is 16.9 Å². The van der Waals surface area contributed by atoms with E-state index in [0.29, 0.717) is 17.8 Å². The first-order chi connectivity index (χ1) is 7.56. The summed E-state index contributed by atoms with van der Waals surface area (Å²) in [5.74, 6) is -0.0902. The lowest BCUT2D eigenvalue weighted by atomic mass is 10.2. The van der Waals surface area contributed by atoms with Gasteiger partial charge in [0.1, 0.15) is 0 Å². The summed E-state index contributed by atoms with van der Waals surface area (Å²) in [5, 5.41) is 16.4. The molecule has 2 rings (SSSR count). The molecule has 6 heteroatoms. The van der Waals surface area contributed by atoms with Gasteiger partial charge in [0.15, 0.2) is 0 Å². The van der Waals surface area contributed by atoms with Crippen molar-refractivity contribution in [3.8, 4) is 0 Å². The number of nitrogens with one attached hydrogen (secondary N) is 2. The fraction of sp³-hybridized carbons (Fsp3) is 0.300. The second kappa shape index (κ2) is 3.80. The Hall–Kier alpha value is -2.11. The van der Waals surface area contributed by atoms with Crippen LogP contribution < -0.4 is 10.6 Å². The van der Waals surface area contributed by atoms with Gasteiger partial charge < -0.3 is 10.6 Å². The fourth-order valence-corrected chi connectivity index (χ4v) is 1.67. The zero-order valence-electron chi connectivity index (χ0n) is 8.69. The van der Waals surface area contributed by atoms with Gasteiger partial charge in [-0.15, -0.1) is 0 Å². The van der Waals surface area contributed by atoms with Crippen LogP contribution in [0.1, 0.15) is 13.3 Å². The van der Waals surface area contributed by atoms with Gasteiger partial charge in [-0.05, 0) is 13.0 Å². The molecule has 2 N–H and O–H groups in total. The highest BCUT2D eigenvalue weighted by Gasteiger charge is 2.19. The second-order valence-electron chi connectivity index (χ2n) is 3.78. The lowest BCUT2D eigenvalue weighted by Crippen LogP contribution is -2.18. The Kier molecular flexibility index (Phi) is 2.47. The lowest BCUT2D eigenvalue weighted by molar-refractivity contribution is -0.384. The van der Waals surface area contributed by atoms with Crippen LogP contribution in [0.3, 0.4) is 0 Å². The number of carbonyl (C=O) groups is 1. The van der Waals surface area contributed by atoms with Crippen molar-refractivity contribution in [2.75, 3.05) is 10.6 Å². The third-order valence-electron chi connectivity index (χ3n) is 2.38. The third-order valence-corrected chi connectivity index (χ3v) is 2.38. The van der Waals surface area contributed by atoms with Gasteiger partial charge >= 0.3 is 0 Å². The van der Waals surface area contributed by atoms with Crippen molar-refractivity contribution in [1.82, 2.24) is 0 Å². The number of benzene rings is 1. The molecule has 6 nitrogen and oxygen atoms in total. The van der Waals surface area contributed by atoms with Crippen molar-refractivity contribution in [1.29, 1.82) is 0 Å². The van der Waals surface area contributed by atoms with Gasteiger partial charge in [-0.25, -0.2) is 0 Å². The zero-order valence-corrected chi connectivity index (χ0v) is 8.69. The molecule has 0 radical (unpaired) electrons. The predicted octanol–water partition coefficient (Wildman–Crippen LogP) is 1.74. The molecule has 1 heterocycles. The van der Waals surface area contributed by atoms with E-state index in [1.807, 2.05) is 6.92 Å². The predicted molar refractivity (Wildman–Crippen MR) is 59.4 cm³/mol. The summed E-state index contributed by atoms with van der Waals surface area (Å²) in [7, 11) is 0. The van der Waals surface area contributed by atoms with E-state index in [9.17, 15) is 14.9 Å². The molecule has 1 aliphatic heterocycles. The molecule has 0 bridgehead atoms. The first kappa shape index (κ1) is 10.4. The molecule has 0 fully saturated rings. The molecule has 0 saturated heterocycles. The van der Waals surface area contributed by atoms with Crippen molar-refractivity contribution in [2.24, 2.45) is 0 Å². The molecular weight excluding hydrogens is 210 g/mol. The van der Waals surface area contributed by atoms with E-state index in [4.69, 9.17) is 0 Å². The smallest absolute Gasteiger partial charge is 0.271 e. The van der Waals surface area contributed by atoms with Gasteiger partial charge in [0.05, 0.1) is 16.3 Å². The van der Waals surface area contributed by atoms with Gasteiger partial charge in [-0.2, -0.15) is 0 Å². The molecule has 1 unspecified atom stereocenters. The molecular formula is C10H11N3O3. The summed E-state index contributed by atoms with van der Waals surface area (Å²) in [6, 6.07) is 4.30. The molecule has 1 aliphatic rings. The van der Waals surface area contributed by atoms with Crippen molar-refractivity contribution in [2.45, 2.75) is 19.4 Å². The van der Waals surface area contributed by atoms with Crippen LogP contribution in [0.15, 0.2) is 18.2 Å². The molecule has 1 amide bonds. The average Bonchev–Trinajstić information content (AvgIpc) is 2.32. The molecule has 0 spiro atoms. The Balaban J connectivity index is 2.42. The van der Waals surface area contributed by atoms with Crippen LogP contribution in [0.25, 0.3) is 0 Å². The minimum absolute atomic E-state index is 0.00889. The number of nitro groups is 1. The van der Waals surface area contributed by atoms with E-state index in [1.165, 1.54) is 18.2 Å². The molecule has 16 heavy (non-hydrogen) atoms. The van der Waals surface area contributed by atoms with Crippen molar-refractivity contribution in [3.05, 3.63) is 28.3 Å². The number of anilines is 2. The summed E-state index contributed by atoms with van der Waals surface area (Å²) in [4.78, 5) is 21.5. The number of amides is 1. The zero-order chi connectivity index (χ0) is 11.7. The maximum Gasteiger partial charge on any atom is 0.271 e. The summed E-state index contributed by atoms with van der Waals surface area (Å²) >= 11 is 0. The van der Waals surface area contributed by atoms with Gasteiger partial charge in [0.2, 0.25) is 5.91 Å². The van der Waals surface area contributed by atoms with E-state index >= 15 is 0 Å². The van der Waals surface area contributed by atoms with E-state index in [0.717, 1.165) is 0 Å². The quantitative estimate of drug-likeness (QED) is 0.558. The maximum atomic E-state index is 11.4. The topological polar surface area (TPSA) is 84.3 Å². The van der Waals surface area contributed by atoms with E-state index in [-0.39, 0.29) is 17.6 Å². The first-order valence-corrected chi connectivity index (χ1v) is 4.91. The van der Waals surface area contributed by atoms with Crippen LogP contribution in [-0.2, 0) is 4.79 Å². The summed E-state index contributed by atoms with van der Waals surface area (Å²) in [6.45, 7) is 1.85. The minimum Gasteiger partial charge on any atom is -0.380 e. The number of hydrogen-bond acceptors (Lipinski definition) is 4. The van der Waals surface area contributed by atoms with Crippen LogP contribution in [0.4, 0.5) is 17.1 Å². The maximum absolute atomic E-state index is 11.4. The Bertz CT molecular complexity index is 459. The molecule has 1 aromatic carbocycles. The highest BCUT2D eigenvalue weighted by molar-refractivity contribution is 5.96. The normalized spacial score (nSPS) is 19.1. The van der Waals surface area contributed by atoms with Crippen molar-refractivity contribution in [3.63, 3.8) is 0 Å². The van der Waals surface area contributed by atoms with Gasteiger partial charge in [-0.3, -0.25) is 14.9 Å². The SMILES string of the molecule is CC1CC(=O)Nc2ccc([N+](=O)[O-])cc2N1. The number of rotatable bonds is 1. The van der Waals surface area contributed by atoms with Crippen molar-refractivity contribution >= 4 is 23.0 Å². The van der Waals surface area contributed by atoms with Crippen LogP contribution in [0.2, 0.25) is 0 Å². The molecule has 84 valence electrons. The van der Waals surface area contributed by atoms with Crippen LogP contribution in [0.5, 0.6) is 0 Å². The number of carbonyl (C=O) groups excluding carboxylic acids is 1. The highest BCUT2D eigenvalue weighted by atomic mass is 16.6. The first-order valence-electron chi connectivity index (χ1n) is 4.91. The van der Waals surface area contributed by atoms with Crippen molar-refractivity contribution < 1.29 is 9.72 Å². The van der Waals surface area contributed by atoms with E-state index in [1.54, 1.807) is 0 Å². The minimum atomic E-state index is -0.459. The second-order valence-corrected chi connectivity index (χ2v) is 3.78. The Morgan fingerprint density at radius 2 is 2.19 bits per heavy atom. The van der Waals surface area contributed by atoms with Crippen LogP contribution in [0, 0.1) is 10.1 Å². The van der Waals surface area contributed by atoms with Crippen LogP contribution >= 0.6 is 0 Å². The number of nitrogens with zero attached hydrogens (tertiary/aromatic N) is 1. The fourth-order valence-electron chi connectivity index (χ4n) is 1.67. The van der Waals surface area contributed by atoms with E-state index in [2.05, 4.69) is 10.6 Å². The van der Waals surface area contributed by atoms with Gasteiger partial charge in [-0.1, -0.05) is 0 Å². The largest absolute Gasteiger partial charge is 0.380 e. The summed E-state index contributed by atoms with van der Waals surface area (Å²) in [6.07, 6.45) is 0.350. The standard InChI is InChI=1S/C10H11N3O3/c1-6-4-10(14)12-8-3-2-7(13(15)16)5-9(8)11-6/h2-3,5-6,11H,4H2,1H3,(H,12,14). The molecule has 0 aromatic heterocycles. The average molecular weight is 221 g/mol. The highest BCUT2D eigenvalue weighted by Crippen LogP contribution is 2.29. The van der Waals surface area contributed by atoms with Gasteiger partial charge in [0.25, 0.3) is 5.69 Å². The number of hydrogen-bond donors (Lipinski definition) is 2.